The van der Waals surface area contributed by atoms with Gasteiger partial charge in [-0.25, -0.2) is 0 Å². The predicted molar refractivity (Wildman–Crippen MR) is 70.3 cm³/mol. The van der Waals surface area contributed by atoms with Gasteiger partial charge in [0.15, 0.2) is 5.78 Å². The fraction of sp³-hybridized carbons (Fsp3) is 0.533. The SMILES string of the molecule is CCCC(O)(CCC)C(=O)c1ccc(C)cc1. The summed E-state index contributed by atoms with van der Waals surface area (Å²) >= 11 is 0. The molecule has 1 rings (SSSR count). The largest absolute Gasteiger partial charge is 0.382 e. The van der Waals surface area contributed by atoms with Crippen molar-refractivity contribution in [1.82, 2.24) is 0 Å². The van der Waals surface area contributed by atoms with Crippen LogP contribution in [0.4, 0.5) is 0 Å². The van der Waals surface area contributed by atoms with Gasteiger partial charge >= 0.3 is 0 Å². The Labute approximate surface area is 104 Å². The Morgan fingerprint density at radius 1 is 1.12 bits per heavy atom. The van der Waals surface area contributed by atoms with Gasteiger partial charge in [0.1, 0.15) is 5.60 Å². The normalized spacial score (nSPS) is 11.5. The molecule has 2 nitrogen and oxygen atoms in total. The number of ketones is 1. The first-order valence-corrected chi connectivity index (χ1v) is 6.37. The molecule has 2 heteroatoms. The molecule has 0 bridgehead atoms. The van der Waals surface area contributed by atoms with E-state index in [0.717, 1.165) is 18.4 Å². The van der Waals surface area contributed by atoms with Crippen molar-refractivity contribution < 1.29 is 9.90 Å². The molecule has 0 amide bonds. The summed E-state index contributed by atoms with van der Waals surface area (Å²) in [6, 6.07) is 7.42. The van der Waals surface area contributed by atoms with Crippen LogP contribution in [-0.4, -0.2) is 16.5 Å². The van der Waals surface area contributed by atoms with E-state index < -0.39 is 5.60 Å². The van der Waals surface area contributed by atoms with Crippen molar-refractivity contribution in [3.05, 3.63) is 35.4 Å². The van der Waals surface area contributed by atoms with Gasteiger partial charge in [-0.05, 0) is 19.8 Å². The quantitative estimate of drug-likeness (QED) is 0.765. The van der Waals surface area contributed by atoms with E-state index in [-0.39, 0.29) is 5.78 Å². The molecule has 0 radical (unpaired) electrons. The fourth-order valence-electron chi connectivity index (χ4n) is 2.15. The minimum Gasteiger partial charge on any atom is -0.382 e. The molecule has 94 valence electrons. The molecule has 0 aliphatic heterocycles. The van der Waals surface area contributed by atoms with E-state index in [0.29, 0.717) is 18.4 Å². The molecule has 0 aliphatic carbocycles. The third-order valence-electron chi connectivity index (χ3n) is 3.06. The smallest absolute Gasteiger partial charge is 0.194 e. The van der Waals surface area contributed by atoms with Crippen LogP contribution >= 0.6 is 0 Å². The Kier molecular flexibility index (Phi) is 4.88. The third-order valence-corrected chi connectivity index (χ3v) is 3.06. The molecule has 0 aromatic heterocycles. The third kappa shape index (κ3) is 3.40. The van der Waals surface area contributed by atoms with Crippen LogP contribution in [-0.2, 0) is 0 Å². The fourth-order valence-corrected chi connectivity index (χ4v) is 2.15. The summed E-state index contributed by atoms with van der Waals surface area (Å²) in [5, 5.41) is 10.5. The first kappa shape index (κ1) is 13.9. The van der Waals surface area contributed by atoms with Gasteiger partial charge in [-0.1, -0.05) is 56.5 Å². The van der Waals surface area contributed by atoms with E-state index in [4.69, 9.17) is 0 Å². The molecular formula is C15H22O2. The number of benzene rings is 1. The highest BCUT2D eigenvalue weighted by Gasteiger charge is 2.34. The molecular weight excluding hydrogens is 212 g/mol. The number of aliphatic hydroxyl groups is 1. The first-order chi connectivity index (χ1) is 8.03. The highest BCUT2D eigenvalue weighted by molar-refractivity contribution is 6.02. The highest BCUT2D eigenvalue weighted by atomic mass is 16.3. The zero-order valence-corrected chi connectivity index (χ0v) is 11.0. The van der Waals surface area contributed by atoms with E-state index in [9.17, 15) is 9.90 Å². The Hall–Kier alpha value is -1.15. The maximum atomic E-state index is 12.3. The Balaban J connectivity index is 2.95. The van der Waals surface area contributed by atoms with E-state index in [2.05, 4.69) is 0 Å². The van der Waals surface area contributed by atoms with E-state index in [1.165, 1.54) is 0 Å². The standard InChI is InChI=1S/C15H22O2/c1-4-10-15(17,11-5-2)14(16)13-8-6-12(3)7-9-13/h6-9,17H,4-5,10-11H2,1-3H3. The number of hydrogen-bond donors (Lipinski definition) is 1. The summed E-state index contributed by atoms with van der Waals surface area (Å²) in [7, 11) is 0. The minimum atomic E-state index is -1.18. The maximum Gasteiger partial charge on any atom is 0.194 e. The molecule has 0 unspecified atom stereocenters. The van der Waals surface area contributed by atoms with Crippen LogP contribution in [0.2, 0.25) is 0 Å². The summed E-state index contributed by atoms with van der Waals surface area (Å²) in [5.74, 6) is -0.138. The predicted octanol–water partition coefficient (Wildman–Crippen LogP) is 3.51. The van der Waals surface area contributed by atoms with Gasteiger partial charge in [0, 0.05) is 5.56 Å². The van der Waals surface area contributed by atoms with Crippen LogP contribution in [0.25, 0.3) is 0 Å². The van der Waals surface area contributed by atoms with Crippen molar-refractivity contribution >= 4 is 5.78 Å². The summed E-state index contributed by atoms with van der Waals surface area (Å²) in [6.45, 7) is 5.96. The van der Waals surface area contributed by atoms with Crippen LogP contribution in [0, 0.1) is 6.92 Å². The van der Waals surface area contributed by atoms with Crippen LogP contribution in [0.15, 0.2) is 24.3 Å². The highest BCUT2D eigenvalue weighted by Crippen LogP contribution is 2.24. The average Bonchev–Trinajstić information content (AvgIpc) is 2.30. The van der Waals surface area contributed by atoms with Gasteiger partial charge in [0.05, 0.1) is 0 Å². The first-order valence-electron chi connectivity index (χ1n) is 6.37. The van der Waals surface area contributed by atoms with E-state index in [1.54, 1.807) is 12.1 Å². The van der Waals surface area contributed by atoms with Gasteiger partial charge < -0.3 is 5.11 Å². The zero-order chi connectivity index (χ0) is 12.9. The molecule has 1 N–H and O–H groups in total. The molecule has 0 atom stereocenters. The van der Waals surface area contributed by atoms with Crippen LogP contribution < -0.4 is 0 Å². The summed E-state index contributed by atoms with van der Waals surface area (Å²) < 4.78 is 0. The van der Waals surface area contributed by atoms with E-state index in [1.807, 2.05) is 32.9 Å². The molecule has 0 heterocycles. The summed E-state index contributed by atoms with van der Waals surface area (Å²) in [5.41, 5.74) is 0.551. The number of aryl methyl sites for hydroxylation is 1. The molecule has 0 spiro atoms. The Morgan fingerprint density at radius 3 is 2.00 bits per heavy atom. The number of Topliss-reactive ketones (excluding diaryl/α,β-unsaturated/α-hetero) is 1. The molecule has 1 aromatic rings. The molecule has 0 saturated carbocycles. The van der Waals surface area contributed by atoms with Gasteiger partial charge in [0.25, 0.3) is 0 Å². The Bertz CT molecular complexity index is 359. The topological polar surface area (TPSA) is 37.3 Å². The molecule has 0 fully saturated rings. The average molecular weight is 234 g/mol. The van der Waals surface area contributed by atoms with Crippen LogP contribution in [0.5, 0.6) is 0 Å². The van der Waals surface area contributed by atoms with Crippen molar-refractivity contribution in [2.75, 3.05) is 0 Å². The lowest BCUT2D eigenvalue weighted by Gasteiger charge is -2.26. The lowest BCUT2D eigenvalue weighted by Crippen LogP contribution is -2.38. The van der Waals surface area contributed by atoms with Crippen molar-refractivity contribution in [2.45, 2.75) is 52.1 Å². The lowest BCUT2D eigenvalue weighted by atomic mass is 9.85. The number of carbonyl (C=O) groups is 1. The maximum absolute atomic E-state index is 12.3. The lowest BCUT2D eigenvalue weighted by molar-refractivity contribution is 0.0218. The van der Waals surface area contributed by atoms with Crippen molar-refractivity contribution in [3.63, 3.8) is 0 Å². The Morgan fingerprint density at radius 2 is 1.59 bits per heavy atom. The van der Waals surface area contributed by atoms with Crippen molar-refractivity contribution in [1.29, 1.82) is 0 Å². The van der Waals surface area contributed by atoms with Gasteiger partial charge in [-0.2, -0.15) is 0 Å². The number of carbonyl (C=O) groups excluding carboxylic acids is 1. The molecule has 1 aromatic carbocycles. The summed E-state index contributed by atoms with van der Waals surface area (Å²) in [4.78, 5) is 12.3. The molecule has 0 saturated heterocycles. The zero-order valence-electron chi connectivity index (χ0n) is 11.0. The van der Waals surface area contributed by atoms with Crippen molar-refractivity contribution in [2.24, 2.45) is 0 Å². The second-order valence-corrected chi connectivity index (χ2v) is 4.73. The second-order valence-electron chi connectivity index (χ2n) is 4.73. The monoisotopic (exact) mass is 234 g/mol. The van der Waals surface area contributed by atoms with Gasteiger partial charge in [-0.3, -0.25) is 4.79 Å². The van der Waals surface area contributed by atoms with Gasteiger partial charge in [-0.15, -0.1) is 0 Å². The summed E-state index contributed by atoms with van der Waals surface area (Å²) in [6.07, 6.45) is 2.70. The molecule has 0 aliphatic rings. The van der Waals surface area contributed by atoms with Crippen molar-refractivity contribution in [3.8, 4) is 0 Å². The number of rotatable bonds is 6. The second kappa shape index (κ2) is 5.97. The van der Waals surface area contributed by atoms with Crippen LogP contribution in [0.1, 0.15) is 55.5 Å². The van der Waals surface area contributed by atoms with Gasteiger partial charge in [0.2, 0.25) is 0 Å². The van der Waals surface area contributed by atoms with Crippen LogP contribution in [0.3, 0.4) is 0 Å². The minimum absolute atomic E-state index is 0.138. The number of hydrogen-bond acceptors (Lipinski definition) is 2. The molecule has 17 heavy (non-hydrogen) atoms. The van der Waals surface area contributed by atoms with E-state index >= 15 is 0 Å².